The summed E-state index contributed by atoms with van der Waals surface area (Å²) < 4.78 is 6.25. The number of nitriles is 1. The van der Waals surface area contributed by atoms with E-state index in [2.05, 4.69) is 52.5 Å². The van der Waals surface area contributed by atoms with Crippen LogP contribution in [0.3, 0.4) is 0 Å². The van der Waals surface area contributed by atoms with Crippen molar-refractivity contribution in [1.29, 1.82) is 5.26 Å². The number of anilines is 3. The fourth-order valence-corrected chi connectivity index (χ4v) is 4.44. The lowest BCUT2D eigenvalue weighted by molar-refractivity contribution is 0.648. The largest absolute Gasteiger partial charge is 0.435 e. The van der Waals surface area contributed by atoms with Gasteiger partial charge in [0.05, 0.1) is 35.3 Å². The zero-order valence-corrected chi connectivity index (χ0v) is 17.2. The maximum Gasteiger partial charge on any atom is 0.227 e. The van der Waals surface area contributed by atoms with Crippen LogP contribution in [0.2, 0.25) is 0 Å². The summed E-state index contributed by atoms with van der Waals surface area (Å²) in [4.78, 5) is 12.2. The molecule has 0 aliphatic carbocycles. The Hall–Kier alpha value is -4.03. The number of hydrogen-bond acceptors (Lipinski definition) is 5. The van der Waals surface area contributed by atoms with E-state index in [1.807, 2.05) is 25.2 Å². The van der Waals surface area contributed by atoms with Crippen molar-refractivity contribution in [3.63, 3.8) is 0 Å². The molecule has 0 spiro atoms. The Balaban J connectivity index is 1.88. The van der Waals surface area contributed by atoms with Gasteiger partial charge in [0.2, 0.25) is 11.4 Å². The van der Waals surface area contributed by atoms with Gasteiger partial charge in [0, 0.05) is 24.0 Å². The van der Waals surface area contributed by atoms with Crippen LogP contribution >= 0.6 is 0 Å². The van der Waals surface area contributed by atoms with E-state index >= 15 is 0 Å². The number of nitrogens with zero attached hydrogens (tertiary/aromatic N) is 5. The highest BCUT2D eigenvalue weighted by atomic mass is 16.3. The number of rotatable bonds is 1. The molecule has 3 heterocycles. The van der Waals surface area contributed by atoms with Crippen LogP contribution < -0.4 is 9.80 Å². The van der Waals surface area contributed by atoms with Gasteiger partial charge in [-0.1, -0.05) is 6.07 Å². The first kappa shape index (κ1) is 18.0. The van der Waals surface area contributed by atoms with E-state index in [0.29, 0.717) is 17.0 Å². The van der Waals surface area contributed by atoms with Crippen LogP contribution in [0.15, 0.2) is 40.9 Å². The Bertz CT molecular complexity index is 1440. The van der Waals surface area contributed by atoms with Crippen LogP contribution in [0.25, 0.3) is 26.9 Å². The molecule has 30 heavy (non-hydrogen) atoms. The van der Waals surface area contributed by atoms with Crippen molar-refractivity contribution in [2.24, 2.45) is 0 Å². The average molecular weight is 393 g/mol. The molecule has 0 fully saturated rings. The van der Waals surface area contributed by atoms with E-state index in [1.54, 1.807) is 12.3 Å². The summed E-state index contributed by atoms with van der Waals surface area (Å²) in [6, 6.07) is 12.0. The molecule has 0 N–H and O–H groups in total. The van der Waals surface area contributed by atoms with Crippen molar-refractivity contribution in [2.45, 2.75) is 26.9 Å². The Morgan fingerprint density at radius 1 is 1.20 bits per heavy atom. The van der Waals surface area contributed by atoms with Crippen molar-refractivity contribution >= 4 is 44.8 Å². The average Bonchev–Trinajstić information content (AvgIpc) is 3.24. The molecule has 0 unspecified atom stereocenters. The normalized spacial score (nSPS) is 15.5. The summed E-state index contributed by atoms with van der Waals surface area (Å²) in [5, 5.41) is 11.8. The molecule has 1 atom stereocenters. The molecule has 146 valence electrons. The van der Waals surface area contributed by atoms with Gasteiger partial charge in [0.25, 0.3) is 0 Å². The van der Waals surface area contributed by atoms with Crippen molar-refractivity contribution in [1.82, 2.24) is 4.98 Å². The molecule has 0 saturated heterocycles. The summed E-state index contributed by atoms with van der Waals surface area (Å²) in [5.74, 6) is 0. The zero-order valence-electron chi connectivity index (χ0n) is 17.2. The van der Waals surface area contributed by atoms with Gasteiger partial charge >= 0.3 is 0 Å². The summed E-state index contributed by atoms with van der Waals surface area (Å²) in [5.41, 5.74) is 7.10. The monoisotopic (exact) mass is 393 g/mol. The van der Waals surface area contributed by atoms with Crippen LogP contribution in [0.4, 0.5) is 22.7 Å². The number of benzene rings is 2. The quantitative estimate of drug-likeness (QED) is 0.374. The number of hydrogen-bond donors (Lipinski definition) is 0. The third kappa shape index (κ3) is 2.19. The maximum atomic E-state index is 9.78. The standard InChI is InChI=1S/C24H19N5O/c1-13-11-17-16-7-6-10-27-24(16)30-23(17)21(14(13)2)29-15(3)28(5)22-18(12-25)19(26-4)8-9-20(22)29/h6-11,15H,1-3,5H3/t15-/m0/s1. The first-order chi connectivity index (χ1) is 14.5. The minimum absolute atomic E-state index is 0.0574. The first-order valence-corrected chi connectivity index (χ1v) is 9.72. The van der Waals surface area contributed by atoms with Gasteiger partial charge in [0.15, 0.2) is 5.58 Å². The molecular weight excluding hydrogens is 374 g/mol. The molecule has 4 aromatic rings. The summed E-state index contributed by atoms with van der Waals surface area (Å²) in [6.07, 6.45) is 1.68. The maximum absolute atomic E-state index is 9.78. The molecule has 6 heteroatoms. The molecule has 1 aliphatic heterocycles. The number of aromatic nitrogens is 1. The lowest BCUT2D eigenvalue weighted by Gasteiger charge is -2.29. The van der Waals surface area contributed by atoms with Crippen LogP contribution in [-0.4, -0.2) is 18.2 Å². The third-order valence-electron chi connectivity index (χ3n) is 6.18. The molecule has 0 saturated carbocycles. The van der Waals surface area contributed by atoms with Crippen molar-refractivity contribution in [3.05, 3.63) is 64.6 Å². The predicted molar refractivity (Wildman–Crippen MR) is 118 cm³/mol. The highest BCUT2D eigenvalue weighted by molar-refractivity contribution is 6.10. The van der Waals surface area contributed by atoms with E-state index in [0.717, 1.165) is 44.5 Å². The first-order valence-electron chi connectivity index (χ1n) is 9.72. The molecule has 1 aliphatic rings. The number of fused-ring (bicyclic) bond motifs is 4. The molecule has 5 rings (SSSR count). The summed E-state index contributed by atoms with van der Waals surface area (Å²) >= 11 is 0. The topological polar surface area (TPSA) is 60.7 Å². The van der Waals surface area contributed by atoms with Crippen LogP contribution in [0, 0.1) is 31.8 Å². The lowest BCUT2D eigenvalue weighted by Crippen LogP contribution is -2.36. The number of aryl methyl sites for hydroxylation is 1. The fourth-order valence-electron chi connectivity index (χ4n) is 4.44. The van der Waals surface area contributed by atoms with Gasteiger partial charge in [-0.3, -0.25) is 0 Å². The van der Waals surface area contributed by atoms with Crippen molar-refractivity contribution < 1.29 is 4.42 Å². The Morgan fingerprint density at radius 2 is 2.00 bits per heavy atom. The van der Waals surface area contributed by atoms with Crippen LogP contribution in [-0.2, 0) is 0 Å². The predicted octanol–water partition coefficient (Wildman–Crippen LogP) is 5.95. The molecular formula is C24H19N5O. The second-order valence-electron chi connectivity index (χ2n) is 7.67. The minimum atomic E-state index is -0.0574. The SMILES string of the molecule is [C-]#[N+]c1ccc2c(c1C#N)N(C)[C@H](C)N2c1c(C)c(C)cc2c1oc1ncccc12. The van der Waals surface area contributed by atoms with Crippen molar-refractivity contribution in [3.8, 4) is 6.07 Å². The summed E-state index contributed by atoms with van der Waals surface area (Å²) in [6.45, 7) is 13.7. The molecule has 2 aromatic carbocycles. The molecule has 0 bridgehead atoms. The fraction of sp³-hybridized carbons (Fsp3) is 0.208. The second-order valence-corrected chi connectivity index (χ2v) is 7.67. The molecule has 0 radical (unpaired) electrons. The molecule has 6 nitrogen and oxygen atoms in total. The van der Waals surface area contributed by atoms with E-state index in [4.69, 9.17) is 11.0 Å². The molecule has 0 amide bonds. The van der Waals surface area contributed by atoms with Gasteiger partial charge in [-0.2, -0.15) is 5.26 Å². The smallest absolute Gasteiger partial charge is 0.227 e. The van der Waals surface area contributed by atoms with E-state index in [9.17, 15) is 5.26 Å². The van der Waals surface area contributed by atoms with Crippen LogP contribution in [0.5, 0.6) is 0 Å². The zero-order chi connectivity index (χ0) is 21.2. The van der Waals surface area contributed by atoms with Gasteiger partial charge < -0.3 is 14.2 Å². The van der Waals surface area contributed by atoms with Crippen LogP contribution in [0.1, 0.15) is 23.6 Å². The Morgan fingerprint density at radius 3 is 2.73 bits per heavy atom. The lowest BCUT2D eigenvalue weighted by atomic mass is 10.0. The highest BCUT2D eigenvalue weighted by Crippen LogP contribution is 2.51. The van der Waals surface area contributed by atoms with Crippen molar-refractivity contribution in [2.75, 3.05) is 16.8 Å². The Labute approximate surface area is 174 Å². The minimum Gasteiger partial charge on any atom is -0.435 e. The van der Waals surface area contributed by atoms with E-state index in [1.165, 1.54) is 0 Å². The van der Waals surface area contributed by atoms with E-state index < -0.39 is 0 Å². The second kappa shape index (κ2) is 6.23. The number of pyridine rings is 1. The molecule has 2 aromatic heterocycles. The van der Waals surface area contributed by atoms with E-state index in [-0.39, 0.29) is 6.17 Å². The Kier molecular flexibility index (Phi) is 3.75. The number of furan rings is 1. The van der Waals surface area contributed by atoms with Gasteiger partial charge in [0.1, 0.15) is 6.17 Å². The van der Waals surface area contributed by atoms with Gasteiger partial charge in [-0.25, -0.2) is 9.83 Å². The van der Waals surface area contributed by atoms with Gasteiger partial charge in [-0.05, 0) is 56.2 Å². The highest BCUT2D eigenvalue weighted by Gasteiger charge is 2.37. The summed E-state index contributed by atoms with van der Waals surface area (Å²) in [7, 11) is 1.96. The van der Waals surface area contributed by atoms with Gasteiger partial charge in [-0.15, -0.1) is 0 Å². The third-order valence-corrected chi connectivity index (χ3v) is 6.18.